The van der Waals surface area contributed by atoms with Crippen LogP contribution in [0.4, 0.5) is 13.2 Å². The summed E-state index contributed by atoms with van der Waals surface area (Å²) in [4.78, 5) is 17.8. The molecule has 0 radical (unpaired) electrons. The van der Waals surface area contributed by atoms with E-state index in [4.69, 9.17) is 5.11 Å². The van der Waals surface area contributed by atoms with E-state index in [0.717, 1.165) is 24.0 Å². The number of carboxylic acid groups (broad SMARTS) is 1. The zero-order valence-corrected chi connectivity index (χ0v) is 10.6. The summed E-state index contributed by atoms with van der Waals surface area (Å²) < 4.78 is 38.7. The van der Waals surface area contributed by atoms with Gasteiger partial charge in [-0.15, -0.1) is 0 Å². The van der Waals surface area contributed by atoms with E-state index < -0.39 is 17.8 Å². The van der Waals surface area contributed by atoms with Crippen molar-refractivity contribution in [3.8, 4) is 5.69 Å². The Morgan fingerprint density at radius 2 is 2.10 bits per heavy atom. The van der Waals surface area contributed by atoms with Crippen molar-refractivity contribution in [2.24, 2.45) is 0 Å². The summed E-state index contributed by atoms with van der Waals surface area (Å²) in [7, 11) is 0. The van der Waals surface area contributed by atoms with E-state index in [2.05, 4.69) is 9.97 Å². The second-order valence-electron chi connectivity index (χ2n) is 3.66. The Bertz CT molecular complexity index is 610. The number of carbonyl (C=O) groups is 1. The fourth-order valence-electron chi connectivity index (χ4n) is 1.42. The SMILES string of the molecule is O=C(O)CSc1nccn1-c1ccc(C(F)(F)F)nc1. The summed E-state index contributed by atoms with van der Waals surface area (Å²) >= 11 is 0.969. The van der Waals surface area contributed by atoms with E-state index in [0.29, 0.717) is 10.8 Å². The van der Waals surface area contributed by atoms with Crippen molar-refractivity contribution >= 4 is 17.7 Å². The molecule has 0 spiro atoms. The molecular formula is C11H8F3N3O2S. The van der Waals surface area contributed by atoms with Gasteiger partial charge in [-0.25, -0.2) is 9.97 Å². The first-order valence-corrected chi connectivity index (χ1v) is 6.28. The number of carboxylic acids is 1. The van der Waals surface area contributed by atoms with Crippen LogP contribution in [-0.2, 0) is 11.0 Å². The third-order valence-electron chi connectivity index (χ3n) is 2.25. The monoisotopic (exact) mass is 303 g/mol. The summed E-state index contributed by atoms with van der Waals surface area (Å²) in [5.41, 5.74) is -0.607. The van der Waals surface area contributed by atoms with Crippen molar-refractivity contribution in [1.82, 2.24) is 14.5 Å². The van der Waals surface area contributed by atoms with Gasteiger partial charge >= 0.3 is 12.1 Å². The predicted octanol–water partition coefficient (Wildman–Crippen LogP) is 2.46. The van der Waals surface area contributed by atoms with Crippen LogP contribution >= 0.6 is 11.8 Å². The van der Waals surface area contributed by atoms with Crippen LogP contribution in [0.25, 0.3) is 5.69 Å². The molecule has 0 atom stereocenters. The molecule has 2 aromatic rings. The molecule has 2 heterocycles. The summed E-state index contributed by atoms with van der Waals surface area (Å²) in [5.74, 6) is -1.19. The highest BCUT2D eigenvalue weighted by Crippen LogP contribution is 2.28. The number of hydrogen-bond donors (Lipinski definition) is 1. The van der Waals surface area contributed by atoms with Gasteiger partial charge in [0.05, 0.1) is 17.6 Å². The molecule has 5 nitrogen and oxygen atoms in total. The number of rotatable bonds is 4. The number of thioether (sulfide) groups is 1. The lowest BCUT2D eigenvalue weighted by Crippen LogP contribution is -2.08. The smallest absolute Gasteiger partial charge is 0.433 e. The maximum absolute atomic E-state index is 12.4. The minimum absolute atomic E-state index is 0.189. The van der Waals surface area contributed by atoms with Crippen LogP contribution in [0.1, 0.15) is 5.69 Å². The zero-order chi connectivity index (χ0) is 14.8. The van der Waals surface area contributed by atoms with Gasteiger partial charge in [0.25, 0.3) is 0 Å². The standard InChI is InChI=1S/C11H8F3N3O2S/c12-11(13,14)8-2-1-7(5-16-8)17-4-3-15-10(17)20-6-9(18)19/h1-5H,6H2,(H,18,19). The van der Waals surface area contributed by atoms with Crippen molar-refractivity contribution in [3.05, 3.63) is 36.4 Å². The van der Waals surface area contributed by atoms with E-state index in [1.54, 1.807) is 0 Å². The Balaban J connectivity index is 2.24. The Hall–Kier alpha value is -2.03. The van der Waals surface area contributed by atoms with Gasteiger partial charge in [0.15, 0.2) is 5.16 Å². The van der Waals surface area contributed by atoms with Crippen LogP contribution in [0.15, 0.2) is 35.9 Å². The third-order valence-corrected chi connectivity index (χ3v) is 3.20. The summed E-state index contributed by atoms with van der Waals surface area (Å²) in [6.07, 6.45) is -0.472. The molecule has 0 bridgehead atoms. The molecule has 0 aliphatic rings. The molecule has 2 rings (SSSR count). The van der Waals surface area contributed by atoms with Crippen molar-refractivity contribution in [1.29, 1.82) is 0 Å². The molecule has 0 fully saturated rings. The van der Waals surface area contributed by atoms with Gasteiger partial charge in [0.1, 0.15) is 5.69 Å². The van der Waals surface area contributed by atoms with Crippen LogP contribution in [0.3, 0.4) is 0 Å². The lowest BCUT2D eigenvalue weighted by molar-refractivity contribution is -0.141. The van der Waals surface area contributed by atoms with Crippen LogP contribution < -0.4 is 0 Å². The van der Waals surface area contributed by atoms with Crippen molar-refractivity contribution in [3.63, 3.8) is 0 Å². The minimum Gasteiger partial charge on any atom is -0.481 e. The van der Waals surface area contributed by atoms with Gasteiger partial charge in [-0.1, -0.05) is 11.8 Å². The van der Waals surface area contributed by atoms with E-state index >= 15 is 0 Å². The molecule has 0 saturated carbocycles. The van der Waals surface area contributed by atoms with E-state index in [1.807, 2.05) is 0 Å². The first-order valence-electron chi connectivity index (χ1n) is 5.29. The average Bonchev–Trinajstić information content (AvgIpc) is 2.83. The zero-order valence-electron chi connectivity index (χ0n) is 9.83. The van der Waals surface area contributed by atoms with Crippen LogP contribution in [0, 0.1) is 0 Å². The van der Waals surface area contributed by atoms with Gasteiger partial charge < -0.3 is 5.11 Å². The highest BCUT2D eigenvalue weighted by molar-refractivity contribution is 7.99. The van der Waals surface area contributed by atoms with E-state index in [-0.39, 0.29) is 5.75 Å². The first kappa shape index (κ1) is 14.4. The number of hydrogen-bond acceptors (Lipinski definition) is 4. The fourth-order valence-corrected chi connectivity index (χ4v) is 2.11. The summed E-state index contributed by atoms with van der Waals surface area (Å²) in [6, 6.07) is 2.11. The lowest BCUT2D eigenvalue weighted by atomic mass is 10.3. The Labute approximate surface area is 115 Å². The minimum atomic E-state index is -4.49. The van der Waals surface area contributed by atoms with Crippen molar-refractivity contribution in [2.75, 3.05) is 5.75 Å². The number of nitrogens with zero attached hydrogens (tertiary/aromatic N) is 3. The van der Waals surface area contributed by atoms with Gasteiger partial charge in [-0.2, -0.15) is 13.2 Å². The molecule has 106 valence electrons. The van der Waals surface area contributed by atoms with Gasteiger partial charge in [-0.05, 0) is 12.1 Å². The topological polar surface area (TPSA) is 68.0 Å². The second kappa shape index (κ2) is 5.53. The molecular weight excluding hydrogens is 295 g/mol. The van der Waals surface area contributed by atoms with Crippen LogP contribution in [0.2, 0.25) is 0 Å². The normalized spacial score (nSPS) is 11.6. The molecule has 0 saturated heterocycles. The van der Waals surface area contributed by atoms with Crippen molar-refractivity contribution < 1.29 is 23.1 Å². The predicted molar refractivity (Wildman–Crippen MR) is 64.7 cm³/mol. The van der Waals surface area contributed by atoms with Crippen LogP contribution in [0.5, 0.6) is 0 Å². The molecule has 0 amide bonds. The number of halogens is 3. The summed E-state index contributed by atoms with van der Waals surface area (Å²) in [6.45, 7) is 0. The average molecular weight is 303 g/mol. The molecule has 0 aromatic carbocycles. The second-order valence-corrected chi connectivity index (χ2v) is 4.60. The Morgan fingerprint density at radius 1 is 1.35 bits per heavy atom. The molecule has 0 aliphatic heterocycles. The Morgan fingerprint density at radius 3 is 2.65 bits per heavy atom. The number of pyridine rings is 1. The Kier molecular flexibility index (Phi) is 3.98. The van der Waals surface area contributed by atoms with Gasteiger partial charge in [-0.3, -0.25) is 9.36 Å². The highest BCUT2D eigenvalue weighted by atomic mass is 32.2. The third kappa shape index (κ3) is 3.29. The lowest BCUT2D eigenvalue weighted by Gasteiger charge is -2.08. The number of aromatic nitrogens is 3. The first-order chi connectivity index (χ1) is 9.38. The molecule has 2 aromatic heterocycles. The quantitative estimate of drug-likeness (QED) is 0.879. The number of imidazole rings is 1. The molecule has 1 N–H and O–H groups in total. The van der Waals surface area contributed by atoms with Crippen molar-refractivity contribution in [2.45, 2.75) is 11.3 Å². The van der Waals surface area contributed by atoms with Crippen LogP contribution in [-0.4, -0.2) is 31.4 Å². The van der Waals surface area contributed by atoms with E-state index in [9.17, 15) is 18.0 Å². The largest absolute Gasteiger partial charge is 0.481 e. The highest BCUT2D eigenvalue weighted by Gasteiger charge is 2.32. The number of aliphatic carboxylic acids is 1. The van der Waals surface area contributed by atoms with Gasteiger partial charge in [0.2, 0.25) is 0 Å². The molecule has 9 heteroatoms. The molecule has 20 heavy (non-hydrogen) atoms. The maximum atomic E-state index is 12.4. The maximum Gasteiger partial charge on any atom is 0.433 e. The fraction of sp³-hybridized carbons (Fsp3) is 0.182. The molecule has 0 aliphatic carbocycles. The van der Waals surface area contributed by atoms with E-state index in [1.165, 1.54) is 23.0 Å². The summed E-state index contributed by atoms with van der Waals surface area (Å²) in [5, 5.41) is 8.97. The number of alkyl halides is 3. The van der Waals surface area contributed by atoms with Gasteiger partial charge in [0, 0.05) is 12.4 Å². The molecule has 0 unspecified atom stereocenters.